The van der Waals surface area contributed by atoms with Crippen LogP contribution in [0.3, 0.4) is 0 Å². The highest BCUT2D eigenvalue weighted by molar-refractivity contribution is 7.10. The van der Waals surface area contributed by atoms with Crippen molar-refractivity contribution in [3.63, 3.8) is 0 Å². The van der Waals surface area contributed by atoms with Crippen LogP contribution in [0.25, 0.3) is 0 Å². The highest BCUT2D eigenvalue weighted by atomic mass is 35.5. The van der Waals surface area contributed by atoms with Crippen molar-refractivity contribution in [1.82, 2.24) is 5.32 Å². The fourth-order valence-corrected chi connectivity index (χ4v) is 2.49. The van der Waals surface area contributed by atoms with Gasteiger partial charge in [0.15, 0.2) is 0 Å². The molecule has 1 N–H and O–H groups in total. The summed E-state index contributed by atoms with van der Waals surface area (Å²) >= 11 is 1.82. The molecule has 0 unspecified atom stereocenters. The Hall–Kier alpha value is -0.830. The Bertz CT molecular complexity index is 448. The minimum absolute atomic E-state index is 0. The quantitative estimate of drug-likeness (QED) is 0.880. The number of hydrogen-bond acceptors (Lipinski definition) is 2. The van der Waals surface area contributed by atoms with Crippen LogP contribution in [0.2, 0.25) is 0 Å². The standard InChI is InChI=1S/C14H17NS.ClH/c1-11-3-5-13(6-4-11)9-15-10-14-12(2)7-8-16-14;/h3-8,15H,9-10H2,1-2H3;1H. The largest absolute Gasteiger partial charge is 0.308 e. The van der Waals surface area contributed by atoms with Gasteiger partial charge in [-0.05, 0) is 36.4 Å². The third kappa shape index (κ3) is 4.15. The topological polar surface area (TPSA) is 12.0 Å². The van der Waals surface area contributed by atoms with E-state index in [2.05, 4.69) is 54.9 Å². The fourth-order valence-electron chi connectivity index (χ4n) is 1.61. The van der Waals surface area contributed by atoms with E-state index >= 15 is 0 Å². The second-order valence-corrected chi connectivity index (χ2v) is 5.12. The Morgan fingerprint density at radius 2 is 1.71 bits per heavy atom. The molecule has 1 aromatic heterocycles. The SMILES string of the molecule is Cc1ccc(CNCc2sccc2C)cc1.Cl. The van der Waals surface area contributed by atoms with Crippen molar-refractivity contribution in [2.75, 3.05) is 0 Å². The van der Waals surface area contributed by atoms with Crippen molar-refractivity contribution >= 4 is 23.7 Å². The van der Waals surface area contributed by atoms with Gasteiger partial charge in [-0.2, -0.15) is 0 Å². The van der Waals surface area contributed by atoms with Crippen LogP contribution >= 0.6 is 23.7 Å². The summed E-state index contributed by atoms with van der Waals surface area (Å²) < 4.78 is 0. The Morgan fingerprint density at radius 1 is 1.00 bits per heavy atom. The third-order valence-corrected chi connectivity index (χ3v) is 3.73. The summed E-state index contributed by atoms with van der Waals surface area (Å²) in [5.74, 6) is 0. The number of halogens is 1. The Labute approximate surface area is 113 Å². The van der Waals surface area contributed by atoms with E-state index < -0.39 is 0 Å². The van der Waals surface area contributed by atoms with Crippen LogP contribution in [0.15, 0.2) is 35.7 Å². The summed E-state index contributed by atoms with van der Waals surface area (Å²) in [5, 5.41) is 5.63. The van der Waals surface area contributed by atoms with Crippen molar-refractivity contribution < 1.29 is 0 Å². The molecule has 0 atom stereocenters. The van der Waals surface area contributed by atoms with E-state index in [0.717, 1.165) is 13.1 Å². The van der Waals surface area contributed by atoms with Gasteiger partial charge in [0.05, 0.1) is 0 Å². The second kappa shape index (κ2) is 6.80. The van der Waals surface area contributed by atoms with Gasteiger partial charge in [-0.1, -0.05) is 29.8 Å². The van der Waals surface area contributed by atoms with Crippen LogP contribution in [0.1, 0.15) is 21.6 Å². The first-order valence-electron chi connectivity index (χ1n) is 5.55. The van der Waals surface area contributed by atoms with E-state index in [1.807, 2.05) is 11.3 Å². The molecule has 17 heavy (non-hydrogen) atoms. The molecule has 0 amide bonds. The number of aryl methyl sites for hydroxylation is 2. The van der Waals surface area contributed by atoms with Crippen LogP contribution in [0.4, 0.5) is 0 Å². The van der Waals surface area contributed by atoms with Gasteiger partial charge in [-0.15, -0.1) is 23.7 Å². The smallest absolute Gasteiger partial charge is 0.0305 e. The molecule has 0 radical (unpaired) electrons. The highest BCUT2D eigenvalue weighted by Crippen LogP contribution is 2.15. The fraction of sp³-hybridized carbons (Fsp3) is 0.286. The predicted octanol–water partition coefficient (Wildman–Crippen LogP) is 4.08. The van der Waals surface area contributed by atoms with E-state index in [9.17, 15) is 0 Å². The van der Waals surface area contributed by atoms with Gasteiger partial charge >= 0.3 is 0 Å². The van der Waals surface area contributed by atoms with E-state index in [1.165, 1.54) is 21.6 Å². The van der Waals surface area contributed by atoms with Crippen molar-refractivity contribution in [1.29, 1.82) is 0 Å². The molecule has 0 aliphatic rings. The van der Waals surface area contributed by atoms with Crippen LogP contribution < -0.4 is 5.32 Å². The molecule has 0 spiro atoms. The lowest BCUT2D eigenvalue weighted by Gasteiger charge is -2.04. The van der Waals surface area contributed by atoms with Crippen molar-refractivity contribution in [2.24, 2.45) is 0 Å². The average molecular weight is 268 g/mol. The normalized spacial score (nSPS) is 10.0. The summed E-state index contributed by atoms with van der Waals surface area (Å²) in [7, 11) is 0. The predicted molar refractivity (Wildman–Crippen MR) is 78.0 cm³/mol. The molecule has 0 saturated heterocycles. The van der Waals surface area contributed by atoms with Gasteiger partial charge in [0.2, 0.25) is 0 Å². The summed E-state index contributed by atoms with van der Waals surface area (Å²) in [5.41, 5.74) is 4.05. The lowest BCUT2D eigenvalue weighted by molar-refractivity contribution is 0.698. The second-order valence-electron chi connectivity index (χ2n) is 4.12. The number of hydrogen-bond donors (Lipinski definition) is 1. The first-order chi connectivity index (χ1) is 7.75. The number of thiophene rings is 1. The number of nitrogens with one attached hydrogen (secondary N) is 1. The van der Waals surface area contributed by atoms with Crippen molar-refractivity contribution in [3.8, 4) is 0 Å². The van der Waals surface area contributed by atoms with Crippen molar-refractivity contribution in [3.05, 3.63) is 57.3 Å². The lowest BCUT2D eigenvalue weighted by Crippen LogP contribution is -2.12. The molecular weight excluding hydrogens is 250 g/mol. The van der Waals surface area contributed by atoms with E-state index in [0.29, 0.717) is 0 Å². The zero-order valence-electron chi connectivity index (χ0n) is 10.2. The van der Waals surface area contributed by atoms with Crippen molar-refractivity contribution in [2.45, 2.75) is 26.9 Å². The summed E-state index contributed by atoms with van der Waals surface area (Å²) in [6, 6.07) is 10.9. The van der Waals surface area contributed by atoms with E-state index in [-0.39, 0.29) is 12.4 Å². The van der Waals surface area contributed by atoms with Crippen LogP contribution in [0.5, 0.6) is 0 Å². The summed E-state index contributed by atoms with van der Waals surface area (Å²) in [4.78, 5) is 1.44. The van der Waals surface area contributed by atoms with Gasteiger partial charge < -0.3 is 5.32 Å². The monoisotopic (exact) mass is 267 g/mol. The van der Waals surface area contributed by atoms with Crippen LogP contribution in [0, 0.1) is 13.8 Å². The summed E-state index contributed by atoms with van der Waals surface area (Å²) in [6.45, 7) is 6.20. The average Bonchev–Trinajstić information content (AvgIpc) is 2.68. The molecule has 0 bridgehead atoms. The highest BCUT2D eigenvalue weighted by Gasteiger charge is 1.98. The lowest BCUT2D eigenvalue weighted by atomic mass is 10.1. The first kappa shape index (κ1) is 14.2. The Morgan fingerprint density at radius 3 is 2.29 bits per heavy atom. The molecule has 1 heterocycles. The molecule has 2 aromatic rings. The molecule has 0 saturated carbocycles. The van der Waals surface area contributed by atoms with E-state index in [1.54, 1.807) is 0 Å². The zero-order valence-corrected chi connectivity index (χ0v) is 11.8. The third-order valence-electron chi connectivity index (χ3n) is 2.70. The minimum atomic E-state index is 0. The van der Waals surface area contributed by atoms with Gasteiger partial charge in [-0.3, -0.25) is 0 Å². The first-order valence-corrected chi connectivity index (χ1v) is 6.43. The Kier molecular flexibility index (Phi) is 5.69. The molecule has 3 heteroatoms. The number of benzene rings is 1. The number of rotatable bonds is 4. The maximum atomic E-state index is 3.47. The van der Waals surface area contributed by atoms with Crippen LogP contribution in [-0.2, 0) is 13.1 Å². The minimum Gasteiger partial charge on any atom is -0.308 e. The molecule has 0 fully saturated rings. The van der Waals surface area contributed by atoms with Crippen LogP contribution in [-0.4, -0.2) is 0 Å². The van der Waals surface area contributed by atoms with Gasteiger partial charge in [0.25, 0.3) is 0 Å². The molecule has 0 aliphatic heterocycles. The van der Waals surface area contributed by atoms with Gasteiger partial charge in [0.1, 0.15) is 0 Å². The molecule has 1 nitrogen and oxygen atoms in total. The molecular formula is C14H18ClNS. The maximum absolute atomic E-state index is 3.47. The zero-order chi connectivity index (χ0) is 11.4. The molecule has 92 valence electrons. The molecule has 2 rings (SSSR count). The van der Waals surface area contributed by atoms with Gasteiger partial charge in [-0.25, -0.2) is 0 Å². The molecule has 1 aromatic carbocycles. The maximum Gasteiger partial charge on any atom is 0.0305 e. The van der Waals surface area contributed by atoms with Gasteiger partial charge in [0, 0.05) is 18.0 Å². The Balaban J connectivity index is 0.00000144. The summed E-state index contributed by atoms with van der Waals surface area (Å²) in [6.07, 6.45) is 0. The molecule has 0 aliphatic carbocycles. The van der Waals surface area contributed by atoms with E-state index in [4.69, 9.17) is 0 Å².